The van der Waals surface area contributed by atoms with Crippen LogP contribution in [0.25, 0.3) is 0 Å². The maximum absolute atomic E-state index is 2.23. The zero-order valence-electron chi connectivity index (χ0n) is 9.10. The summed E-state index contributed by atoms with van der Waals surface area (Å²) in [6.45, 7) is 0. The van der Waals surface area contributed by atoms with E-state index in [1.54, 1.807) is 0 Å². The van der Waals surface area contributed by atoms with Gasteiger partial charge >= 0.3 is 0 Å². The second-order valence-corrected chi connectivity index (χ2v) is 4.26. The molecule has 1 aromatic rings. The Balaban J connectivity index is 2.15. The Morgan fingerprint density at radius 2 is 1.33 bits per heavy atom. The van der Waals surface area contributed by atoms with Crippen molar-refractivity contribution in [3.05, 3.63) is 60.2 Å². The molecule has 0 unspecified atom stereocenters. The highest BCUT2D eigenvalue weighted by Gasteiger charge is 2.16. The quantitative estimate of drug-likeness (QED) is 0.669. The first-order valence-corrected chi connectivity index (χ1v) is 5.82. The first kappa shape index (κ1) is 10.2. The monoisotopic (exact) mass is 198 g/mol. The largest absolute Gasteiger partial charge is 0.0623 e. The van der Waals surface area contributed by atoms with Crippen molar-refractivity contribution >= 4 is 0 Å². The normalized spacial score (nSPS) is 15.2. The fourth-order valence-electron chi connectivity index (χ4n) is 1.90. The molecular weight excluding hydrogens is 180 g/mol. The summed E-state index contributed by atoms with van der Waals surface area (Å²) < 4.78 is 0. The summed E-state index contributed by atoms with van der Waals surface area (Å²) in [5.41, 5.74) is 1.45. The highest BCUT2D eigenvalue weighted by molar-refractivity contribution is 5.13. The van der Waals surface area contributed by atoms with Gasteiger partial charge in [-0.15, -0.1) is 0 Å². The molecule has 0 radical (unpaired) electrons. The van der Waals surface area contributed by atoms with E-state index < -0.39 is 0 Å². The van der Waals surface area contributed by atoms with Crippen LogP contribution in [0.1, 0.15) is 24.8 Å². The van der Waals surface area contributed by atoms with Gasteiger partial charge in [0.05, 0.1) is 0 Å². The van der Waals surface area contributed by atoms with Gasteiger partial charge in [0, 0.05) is 0 Å². The molecule has 0 saturated heterocycles. The van der Waals surface area contributed by atoms with Crippen LogP contribution in [-0.4, -0.2) is 0 Å². The van der Waals surface area contributed by atoms with Gasteiger partial charge < -0.3 is 0 Å². The maximum atomic E-state index is 2.23. The van der Waals surface area contributed by atoms with Crippen molar-refractivity contribution in [2.45, 2.75) is 25.7 Å². The number of hydrogen-bond donors (Lipinski definition) is 0. The molecule has 0 N–H and O–H groups in total. The third-order valence-corrected chi connectivity index (χ3v) is 3.04. The van der Waals surface area contributed by atoms with Gasteiger partial charge in [-0.05, 0) is 17.9 Å². The average molecular weight is 198 g/mol. The summed E-state index contributed by atoms with van der Waals surface area (Å²) in [5.74, 6) is 0.941. The summed E-state index contributed by atoms with van der Waals surface area (Å²) in [5, 5.41) is 0. The zero-order chi connectivity index (χ0) is 10.3. The Labute approximate surface area is 92.3 Å². The van der Waals surface area contributed by atoms with Crippen LogP contribution in [0, 0.1) is 5.92 Å². The van der Waals surface area contributed by atoms with Crippen molar-refractivity contribution < 1.29 is 0 Å². The predicted molar refractivity (Wildman–Crippen MR) is 65.1 cm³/mol. The molecule has 15 heavy (non-hydrogen) atoms. The molecule has 0 bridgehead atoms. The minimum atomic E-state index is 0.941. The van der Waals surface area contributed by atoms with E-state index in [0.717, 1.165) is 5.92 Å². The number of hydrogen-bond acceptors (Lipinski definition) is 0. The van der Waals surface area contributed by atoms with Crippen molar-refractivity contribution in [2.24, 2.45) is 5.92 Å². The van der Waals surface area contributed by atoms with E-state index in [1.165, 1.54) is 31.2 Å². The van der Waals surface area contributed by atoms with E-state index in [-0.39, 0.29) is 0 Å². The maximum Gasteiger partial charge on any atom is -0.0250 e. The molecule has 0 nitrogen and oxygen atoms in total. The van der Waals surface area contributed by atoms with Crippen molar-refractivity contribution in [2.75, 3.05) is 0 Å². The molecule has 1 aliphatic rings. The van der Waals surface area contributed by atoms with Gasteiger partial charge in [-0.2, -0.15) is 0 Å². The molecule has 0 spiro atoms. The molecule has 78 valence electrons. The molecule has 2 rings (SSSR count). The Bertz CT molecular complexity index is 324. The molecular formula is C15H18. The highest BCUT2D eigenvalue weighted by Crippen LogP contribution is 2.29. The molecule has 1 aliphatic carbocycles. The van der Waals surface area contributed by atoms with Crippen LogP contribution in [0.5, 0.6) is 0 Å². The first-order valence-electron chi connectivity index (χ1n) is 5.82. The van der Waals surface area contributed by atoms with Gasteiger partial charge in [0.25, 0.3) is 0 Å². The first-order chi connectivity index (χ1) is 7.45. The van der Waals surface area contributed by atoms with Crippen LogP contribution in [-0.2, 0) is 6.42 Å². The topological polar surface area (TPSA) is 0 Å². The zero-order valence-corrected chi connectivity index (χ0v) is 9.10. The molecule has 0 atom stereocenters. The third-order valence-electron chi connectivity index (χ3n) is 3.04. The lowest BCUT2D eigenvalue weighted by Gasteiger charge is -2.24. The number of rotatable bonds is 2. The van der Waals surface area contributed by atoms with Gasteiger partial charge in [0.15, 0.2) is 0 Å². The van der Waals surface area contributed by atoms with Crippen molar-refractivity contribution in [1.82, 2.24) is 0 Å². The lowest BCUT2D eigenvalue weighted by Crippen LogP contribution is -2.13. The van der Waals surface area contributed by atoms with Crippen molar-refractivity contribution in [3.63, 3.8) is 0 Å². The Morgan fingerprint density at radius 1 is 0.800 bits per heavy atom. The summed E-state index contributed by atoms with van der Waals surface area (Å²) in [7, 11) is 0. The van der Waals surface area contributed by atoms with Gasteiger partial charge in [-0.1, -0.05) is 73.9 Å². The second-order valence-electron chi connectivity index (χ2n) is 4.26. The second kappa shape index (κ2) is 5.55. The average Bonchev–Trinajstić information content (AvgIpc) is 2.21. The van der Waals surface area contributed by atoms with E-state index in [1.807, 2.05) is 6.07 Å². The van der Waals surface area contributed by atoms with E-state index in [2.05, 4.69) is 48.5 Å². The summed E-state index contributed by atoms with van der Waals surface area (Å²) >= 11 is 0. The van der Waals surface area contributed by atoms with Crippen LogP contribution >= 0.6 is 0 Å². The molecule has 0 aromatic heterocycles. The van der Waals surface area contributed by atoms with E-state index >= 15 is 0 Å². The molecule has 0 heteroatoms. The van der Waals surface area contributed by atoms with Crippen LogP contribution < -0.4 is 0 Å². The van der Waals surface area contributed by atoms with E-state index in [0.29, 0.717) is 0 Å². The fourth-order valence-corrected chi connectivity index (χ4v) is 1.90. The minimum Gasteiger partial charge on any atom is -0.0623 e. The molecule has 1 aromatic carbocycles. The molecule has 1 saturated carbocycles. The fraction of sp³-hybridized carbons (Fsp3) is 0.333. The molecule has 0 aliphatic heterocycles. The van der Waals surface area contributed by atoms with Crippen molar-refractivity contribution in [1.29, 1.82) is 0 Å². The molecule has 0 amide bonds. The Morgan fingerprint density at radius 3 is 1.80 bits per heavy atom. The van der Waals surface area contributed by atoms with Gasteiger partial charge in [-0.25, -0.2) is 0 Å². The van der Waals surface area contributed by atoms with E-state index in [4.69, 9.17) is 0 Å². The standard InChI is InChI=1S/C15H18/c1-2-4-6-9-14(10-7-5-3-1)13-15-11-8-12-15/h1-7,9-10,15H,8,11-13H2. The SMILES string of the molecule is c1ccccc(CC2CCC2)cccc1. The lowest BCUT2D eigenvalue weighted by molar-refractivity contribution is 0.314. The summed E-state index contributed by atoms with van der Waals surface area (Å²) in [4.78, 5) is 0. The molecule has 1 fully saturated rings. The lowest BCUT2D eigenvalue weighted by atomic mass is 9.81. The van der Waals surface area contributed by atoms with Crippen LogP contribution in [0.4, 0.5) is 0 Å². The van der Waals surface area contributed by atoms with Gasteiger partial charge in [0.1, 0.15) is 0 Å². The smallest absolute Gasteiger partial charge is 0.0250 e. The predicted octanol–water partition coefficient (Wildman–Crippen LogP) is 4.15. The highest BCUT2D eigenvalue weighted by atomic mass is 14.2. The Kier molecular flexibility index (Phi) is 3.78. The molecule has 0 heterocycles. The third kappa shape index (κ3) is 3.39. The van der Waals surface area contributed by atoms with Crippen LogP contribution in [0.2, 0.25) is 0 Å². The van der Waals surface area contributed by atoms with Gasteiger partial charge in [0.2, 0.25) is 0 Å². The summed E-state index contributed by atoms with van der Waals surface area (Å²) in [6.07, 6.45) is 5.52. The van der Waals surface area contributed by atoms with Crippen LogP contribution in [0.3, 0.4) is 0 Å². The van der Waals surface area contributed by atoms with E-state index in [9.17, 15) is 0 Å². The summed E-state index contributed by atoms with van der Waals surface area (Å²) in [6, 6.07) is 19.1. The van der Waals surface area contributed by atoms with Crippen molar-refractivity contribution in [3.8, 4) is 0 Å². The minimum absolute atomic E-state index is 0.941. The Hall–Kier alpha value is -1.30. The van der Waals surface area contributed by atoms with Crippen LogP contribution in [0.15, 0.2) is 54.6 Å². The van der Waals surface area contributed by atoms with Gasteiger partial charge in [-0.3, -0.25) is 0 Å².